The number of carbonyl (C=O) groups is 1. The van der Waals surface area contributed by atoms with Crippen molar-refractivity contribution in [2.45, 2.75) is 43.2 Å². The van der Waals surface area contributed by atoms with Crippen LogP contribution in [0.25, 0.3) is 0 Å². The largest absolute Gasteiger partial charge is 0.391 e. The predicted molar refractivity (Wildman–Crippen MR) is 71.4 cm³/mol. The fourth-order valence-electron chi connectivity index (χ4n) is 2.31. The molecule has 0 aliphatic heterocycles. The van der Waals surface area contributed by atoms with Gasteiger partial charge in [0.1, 0.15) is 5.38 Å². The summed E-state index contributed by atoms with van der Waals surface area (Å²) in [6.45, 7) is 0. The van der Waals surface area contributed by atoms with Crippen molar-refractivity contribution in [3.8, 4) is 0 Å². The lowest BCUT2D eigenvalue weighted by Crippen LogP contribution is -2.46. The number of benzene rings is 1. The molecule has 1 amide bonds. The van der Waals surface area contributed by atoms with E-state index in [4.69, 9.17) is 11.6 Å². The molecule has 4 heteroatoms. The van der Waals surface area contributed by atoms with Crippen molar-refractivity contribution in [2.75, 3.05) is 0 Å². The summed E-state index contributed by atoms with van der Waals surface area (Å²) in [5.41, 5.74) is 0.780. The Balaban J connectivity index is 1.95. The first kappa shape index (κ1) is 13.4. The van der Waals surface area contributed by atoms with Crippen molar-refractivity contribution in [1.29, 1.82) is 0 Å². The zero-order valence-corrected chi connectivity index (χ0v) is 10.9. The van der Waals surface area contributed by atoms with Crippen LogP contribution in [0.5, 0.6) is 0 Å². The Morgan fingerprint density at radius 1 is 1.28 bits per heavy atom. The Bertz CT molecular complexity index is 396. The van der Waals surface area contributed by atoms with Gasteiger partial charge in [0.25, 0.3) is 0 Å². The molecule has 0 heterocycles. The van der Waals surface area contributed by atoms with Crippen LogP contribution in [0.4, 0.5) is 0 Å². The second-order valence-corrected chi connectivity index (χ2v) is 5.18. The quantitative estimate of drug-likeness (QED) is 0.826. The molecule has 1 unspecified atom stereocenters. The molecule has 98 valence electrons. The number of aliphatic hydroxyl groups is 1. The fraction of sp³-hybridized carbons (Fsp3) is 0.500. The smallest absolute Gasteiger partial charge is 0.242 e. The molecule has 1 aliphatic carbocycles. The summed E-state index contributed by atoms with van der Waals surface area (Å²) in [7, 11) is 0. The highest BCUT2D eigenvalue weighted by Crippen LogP contribution is 2.23. The van der Waals surface area contributed by atoms with Crippen molar-refractivity contribution in [1.82, 2.24) is 5.32 Å². The highest BCUT2D eigenvalue weighted by molar-refractivity contribution is 6.30. The van der Waals surface area contributed by atoms with Gasteiger partial charge in [-0.05, 0) is 18.4 Å². The summed E-state index contributed by atoms with van der Waals surface area (Å²) in [5.74, 6) is -0.228. The van der Waals surface area contributed by atoms with Crippen molar-refractivity contribution in [3.63, 3.8) is 0 Å². The van der Waals surface area contributed by atoms with E-state index in [1.807, 2.05) is 30.3 Å². The SMILES string of the molecule is O=C(N[C@H]1CCCC[C@@H]1O)C(Cl)c1ccccc1. The van der Waals surface area contributed by atoms with E-state index in [1.165, 1.54) is 0 Å². The Hall–Kier alpha value is -1.06. The van der Waals surface area contributed by atoms with Gasteiger partial charge < -0.3 is 10.4 Å². The highest BCUT2D eigenvalue weighted by atomic mass is 35.5. The molecule has 0 spiro atoms. The molecule has 0 radical (unpaired) electrons. The van der Waals surface area contributed by atoms with E-state index in [9.17, 15) is 9.90 Å². The second-order valence-electron chi connectivity index (χ2n) is 4.74. The van der Waals surface area contributed by atoms with Crippen LogP contribution in [0, 0.1) is 0 Å². The van der Waals surface area contributed by atoms with Crippen LogP contribution in [0.1, 0.15) is 36.6 Å². The van der Waals surface area contributed by atoms with Crippen molar-refractivity contribution in [3.05, 3.63) is 35.9 Å². The van der Waals surface area contributed by atoms with Gasteiger partial charge >= 0.3 is 0 Å². The van der Waals surface area contributed by atoms with Gasteiger partial charge in [-0.25, -0.2) is 0 Å². The topological polar surface area (TPSA) is 49.3 Å². The summed E-state index contributed by atoms with van der Waals surface area (Å²) >= 11 is 6.13. The Kier molecular flexibility index (Phi) is 4.61. The van der Waals surface area contributed by atoms with E-state index in [0.717, 1.165) is 31.2 Å². The van der Waals surface area contributed by atoms with E-state index in [1.54, 1.807) is 0 Å². The summed E-state index contributed by atoms with van der Waals surface area (Å²) in [4.78, 5) is 12.0. The van der Waals surface area contributed by atoms with Gasteiger partial charge in [0.2, 0.25) is 5.91 Å². The summed E-state index contributed by atoms with van der Waals surface area (Å²) in [6.07, 6.45) is 3.20. The summed E-state index contributed by atoms with van der Waals surface area (Å²) < 4.78 is 0. The third kappa shape index (κ3) is 3.24. The van der Waals surface area contributed by atoms with Crippen molar-refractivity contribution in [2.24, 2.45) is 0 Å². The van der Waals surface area contributed by atoms with Crippen LogP contribution in [-0.2, 0) is 4.79 Å². The highest BCUT2D eigenvalue weighted by Gasteiger charge is 2.27. The number of nitrogens with one attached hydrogen (secondary N) is 1. The van der Waals surface area contributed by atoms with Gasteiger partial charge in [-0.15, -0.1) is 11.6 Å². The lowest BCUT2D eigenvalue weighted by atomic mass is 9.92. The number of hydrogen-bond acceptors (Lipinski definition) is 2. The standard InChI is InChI=1S/C14H18ClNO2/c15-13(10-6-2-1-3-7-10)14(18)16-11-8-4-5-9-12(11)17/h1-3,6-7,11-13,17H,4-5,8-9H2,(H,16,18)/t11-,12-,13?/m0/s1. The first-order valence-electron chi connectivity index (χ1n) is 6.36. The molecule has 1 saturated carbocycles. The molecule has 3 nitrogen and oxygen atoms in total. The fourth-order valence-corrected chi connectivity index (χ4v) is 2.52. The van der Waals surface area contributed by atoms with Crippen molar-refractivity contribution >= 4 is 17.5 Å². The molecule has 1 aromatic rings. The Labute approximate surface area is 112 Å². The molecular formula is C14H18ClNO2. The first-order valence-corrected chi connectivity index (χ1v) is 6.79. The van der Waals surface area contributed by atoms with Crippen LogP contribution in [0.2, 0.25) is 0 Å². The number of alkyl halides is 1. The van der Waals surface area contributed by atoms with Crippen LogP contribution >= 0.6 is 11.6 Å². The van der Waals surface area contributed by atoms with E-state index in [2.05, 4.69) is 5.32 Å². The monoisotopic (exact) mass is 267 g/mol. The van der Waals surface area contributed by atoms with Gasteiger partial charge in [0.05, 0.1) is 12.1 Å². The molecule has 0 bridgehead atoms. The number of aliphatic hydroxyl groups excluding tert-OH is 1. The molecule has 3 atom stereocenters. The molecule has 1 aliphatic rings. The van der Waals surface area contributed by atoms with E-state index < -0.39 is 11.5 Å². The number of rotatable bonds is 3. The molecule has 0 aromatic heterocycles. The molecule has 18 heavy (non-hydrogen) atoms. The van der Waals surface area contributed by atoms with Crippen LogP contribution < -0.4 is 5.32 Å². The van der Waals surface area contributed by atoms with Gasteiger partial charge in [-0.1, -0.05) is 43.2 Å². The Morgan fingerprint density at radius 3 is 2.61 bits per heavy atom. The molecule has 1 aromatic carbocycles. The molecule has 2 rings (SSSR count). The maximum absolute atomic E-state index is 12.0. The number of carbonyl (C=O) groups excluding carboxylic acids is 1. The predicted octanol–water partition coefficient (Wildman–Crippen LogP) is 2.39. The average Bonchev–Trinajstić information content (AvgIpc) is 2.41. The van der Waals surface area contributed by atoms with Crippen LogP contribution in [-0.4, -0.2) is 23.2 Å². The lowest BCUT2D eigenvalue weighted by molar-refractivity contribution is -0.122. The third-order valence-corrected chi connectivity index (χ3v) is 3.83. The van der Waals surface area contributed by atoms with E-state index in [0.29, 0.717) is 0 Å². The minimum Gasteiger partial charge on any atom is -0.391 e. The molecule has 0 saturated heterocycles. The van der Waals surface area contributed by atoms with Crippen molar-refractivity contribution < 1.29 is 9.90 Å². The molecular weight excluding hydrogens is 250 g/mol. The Morgan fingerprint density at radius 2 is 1.94 bits per heavy atom. The minimum absolute atomic E-state index is 0.156. The summed E-state index contributed by atoms with van der Waals surface area (Å²) in [6, 6.07) is 9.09. The van der Waals surface area contributed by atoms with Crippen LogP contribution in [0.15, 0.2) is 30.3 Å². The normalized spacial score (nSPS) is 25.4. The van der Waals surface area contributed by atoms with Gasteiger partial charge in [0, 0.05) is 0 Å². The average molecular weight is 268 g/mol. The van der Waals surface area contributed by atoms with Gasteiger partial charge in [-0.3, -0.25) is 4.79 Å². The summed E-state index contributed by atoms with van der Waals surface area (Å²) in [5, 5.41) is 12.0. The molecule has 1 fully saturated rings. The van der Waals surface area contributed by atoms with E-state index in [-0.39, 0.29) is 11.9 Å². The minimum atomic E-state index is -0.694. The van der Waals surface area contributed by atoms with Gasteiger partial charge in [-0.2, -0.15) is 0 Å². The third-order valence-electron chi connectivity index (χ3n) is 3.38. The maximum Gasteiger partial charge on any atom is 0.242 e. The number of halogens is 1. The number of amides is 1. The zero-order valence-electron chi connectivity index (χ0n) is 10.2. The lowest BCUT2D eigenvalue weighted by Gasteiger charge is -2.29. The number of hydrogen-bond donors (Lipinski definition) is 2. The maximum atomic E-state index is 12.0. The molecule has 2 N–H and O–H groups in total. The zero-order chi connectivity index (χ0) is 13.0. The van der Waals surface area contributed by atoms with E-state index >= 15 is 0 Å². The van der Waals surface area contributed by atoms with Gasteiger partial charge in [0.15, 0.2) is 0 Å². The first-order chi connectivity index (χ1) is 8.68. The second kappa shape index (κ2) is 6.21. The van der Waals surface area contributed by atoms with Crippen LogP contribution in [0.3, 0.4) is 0 Å².